The second kappa shape index (κ2) is 11.6. The summed E-state index contributed by atoms with van der Waals surface area (Å²) in [6, 6.07) is 9.01. The zero-order chi connectivity index (χ0) is 21.6. The molecule has 0 amide bonds. The van der Waals surface area contributed by atoms with Crippen LogP contribution in [0, 0.1) is 6.92 Å². The molecule has 3 heterocycles. The minimum Gasteiger partial charge on any atom is -0.361 e. The summed E-state index contributed by atoms with van der Waals surface area (Å²) in [5, 5.41) is 16.8. The van der Waals surface area contributed by atoms with E-state index in [0.29, 0.717) is 12.6 Å². The molecule has 1 atom stereocenters. The van der Waals surface area contributed by atoms with Crippen LogP contribution in [0.25, 0.3) is 10.9 Å². The van der Waals surface area contributed by atoms with Crippen molar-refractivity contribution < 1.29 is 0 Å². The fraction of sp³-hybridized carbons (Fsp3) is 0.522. The van der Waals surface area contributed by atoms with Gasteiger partial charge in [-0.15, -0.1) is 34.2 Å². The van der Waals surface area contributed by atoms with Crippen molar-refractivity contribution in [3.05, 3.63) is 47.7 Å². The highest BCUT2D eigenvalue weighted by atomic mass is 127. The summed E-state index contributed by atoms with van der Waals surface area (Å²) in [4.78, 5) is 10.7. The molecule has 174 valence electrons. The van der Waals surface area contributed by atoms with Gasteiger partial charge in [0.25, 0.3) is 0 Å². The van der Waals surface area contributed by atoms with Gasteiger partial charge in [-0.05, 0) is 50.9 Å². The minimum absolute atomic E-state index is 0. The Balaban J connectivity index is 0.00000289. The zero-order valence-electron chi connectivity index (χ0n) is 19.3. The van der Waals surface area contributed by atoms with Crippen molar-refractivity contribution in [3.63, 3.8) is 0 Å². The molecule has 32 heavy (non-hydrogen) atoms. The van der Waals surface area contributed by atoms with Crippen molar-refractivity contribution in [1.82, 2.24) is 35.3 Å². The predicted octanol–water partition coefficient (Wildman–Crippen LogP) is 2.99. The maximum atomic E-state index is 4.81. The SMILES string of the molecule is CCN1CCCC1CNC(=NCc1nnc(C)n1C)NCCc1c[nH]c2ccccc12.I. The van der Waals surface area contributed by atoms with Gasteiger partial charge >= 0.3 is 0 Å². The highest BCUT2D eigenvalue weighted by Gasteiger charge is 2.22. The van der Waals surface area contributed by atoms with Crippen molar-refractivity contribution in [3.8, 4) is 0 Å². The molecule has 1 fully saturated rings. The summed E-state index contributed by atoms with van der Waals surface area (Å²) in [6.45, 7) is 8.72. The molecule has 1 saturated heterocycles. The second-order valence-electron chi connectivity index (χ2n) is 8.23. The standard InChI is InChI=1S/C23H34N8.HI/c1-4-31-13-7-8-19(31)15-26-23(27-16-22-29-28-17(2)30(22)3)24-12-11-18-14-25-21-10-6-5-9-20(18)21;/h5-6,9-10,14,19,25H,4,7-8,11-13,15-16H2,1-3H3,(H2,24,26,27);1H. The topological polar surface area (TPSA) is 86.2 Å². The van der Waals surface area contributed by atoms with Crippen LogP contribution in [0.1, 0.15) is 37.0 Å². The van der Waals surface area contributed by atoms with E-state index in [9.17, 15) is 0 Å². The first-order valence-electron chi connectivity index (χ1n) is 11.3. The van der Waals surface area contributed by atoms with E-state index >= 15 is 0 Å². The summed E-state index contributed by atoms with van der Waals surface area (Å²) in [7, 11) is 1.98. The molecule has 1 aliphatic heterocycles. The molecule has 4 rings (SSSR count). The number of hydrogen-bond donors (Lipinski definition) is 3. The number of H-pyrrole nitrogens is 1. The third kappa shape index (κ3) is 5.80. The van der Waals surface area contributed by atoms with Gasteiger partial charge in [-0.2, -0.15) is 0 Å². The monoisotopic (exact) mass is 550 g/mol. The van der Waals surface area contributed by atoms with Crippen LogP contribution in [0.5, 0.6) is 0 Å². The van der Waals surface area contributed by atoms with E-state index in [2.05, 4.69) is 68.1 Å². The normalized spacial score (nSPS) is 17.0. The van der Waals surface area contributed by atoms with Crippen LogP contribution in [0.3, 0.4) is 0 Å². The molecule has 0 radical (unpaired) electrons. The number of hydrogen-bond acceptors (Lipinski definition) is 4. The van der Waals surface area contributed by atoms with Crippen molar-refractivity contribution in [1.29, 1.82) is 0 Å². The van der Waals surface area contributed by atoms with E-state index < -0.39 is 0 Å². The number of fused-ring (bicyclic) bond motifs is 1. The molecule has 0 spiro atoms. The average molecular weight is 550 g/mol. The molecule has 1 aromatic carbocycles. The fourth-order valence-corrected chi connectivity index (χ4v) is 4.32. The van der Waals surface area contributed by atoms with Crippen LogP contribution < -0.4 is 10.6 Å². The number of nitrogens with one attached hydrogen (secondary N) is 3. The molecule has 0 aliphatic carbocycles. The van der Waals surface area contributed by atoms with Gasteiger partial charge in [-0.25, -0.2) is 4.99 Å². The lowest BCUT2D eigenvalue weighted by molar-refractivity contribution is 0.267. The number of benzene rings is 1. The van der Waals surface area contributed by atoms with Crippen molar-refractivity contribution >= 4 is 40.8 Å². The predicted molar refractivity (Wildman–Crippen MR) is 141 cm³/mol. The van der Waals surface area contributed by atoms with Crippen LogP contribution in [0.4, 0.5) is 0 Å². The van der Waals surface area contributed by atoms with E-state index in [0.717, 1.165) is 43.7 Å². The molecular weight excluding hydrogens is 515 g/mol. The third-order valence-electron chi connectivity index (χ3n) is 6.33. The van der Waals surface area contributed by atoms with E-state index in [-0.39, 0.29) is 24.0 Å². The number of aryl methyl sites for hydroxylation is 1. The van der Waals surface area contributed by atoms with E-state index in [4.69, 9.17) is 4.99 Å². The van der Waals surface area contributed by atoms with Crippen molar-refractivity contribution in [2.75, 3.05) is 26.2 Å². The number of likely N-dealkylation sites (tertiary alicyclic amines) is 1. The quantitative estimate of drug-likeness (QED) is 0.228. The maximum absolute atomic E-state index is 4.81. The number of halogens is 1. The Hall–Kier alpha value is -2.14. The Labute approximate surface area is 207 Å². The number of aliphatic imine (C=N–C) groups is 1. The van der Waals surface area contributed by atoms with Crippen LogP contribution in [-0.4, -0.2) is 62.8 Å². The average Bonchev–Trinajstić information content (AvgIpc) is 3.50. The lowest BCUT2D eigenvalue weighted by Gasteiger charge is -2.24. The minimum atomic E-state index is 0. The summed E-state index contributed by atoms with van der Waals surface area (Å²) < 4.78 is 1.99. The summed E-state index contributed by atoms with van der Waals surface area (Å²) >= 11 is 0. The summed E-state index contributed by atoms with van der Waals surface area (Å²) in [5.41, 5.74) is 2.50. The molecule has 9 heteroatoms. The smallest absolute Gasteiger partial charge is 0.191 e. The molecule has 2 aromatic heterocycles. The van der Waals surface area contributed by atoms with Crippen LogP contribution in [0.15, 0.2) is 35.5 Å². The Morgan fingerprint density at radius 2 is 2.09 bits per heavy atom. The first-order valence-corrected chi connectivity index (χ1v) is 11.3. The van der Waals surface area contributed by atoms with Crippen LogP contribution >= 0.6 is 24.0 Å². The van der Waals surface area contributed by atoms with Crippen LogP contribution in [-0.2, 0) is 20.0 Å². The number of aromatic nitrogens is 4. The molecular formula is C23H35IN8. The Kier molecular flexibility index (Phi) is 8.92. The highest BCUT2D eigenvalue weighted by molar-refractivity contribution is 14.0. The molecule has 0 saturated carbocycles. The number of nitrogens with zero attached hydrogens (tertiary/aromatic N) is 5. The van der Waals surface area contributed by atoms with E-state index in [1.54, 1.807) is 0 Å². The Bertz CT molecular complexity index is 1020. The summed E-state index contributed by atoms with van der Waals surface area (Å²) in [6.07, 6.45) is 5.56. The Morgan fingerprint density at radius 3 is 2.88 bits per heavy atom. The number of aromatic amines is 1. The molecule has 1 aliphatic rings. The first kappa shape index (κ1) is 24.5. The third-order valence-corrected chi connectivity index (χ3v) is 6.33. The zero-order valence-corrected chi connectivity index (χ0v) is 21.6. The van der Waals surface area contributed by atoms with Gasteiger partial charge in [0.05, 0.1) is 0 Å². The summed E-state index contributed by atoms with van der Waals surface area (Å²) in [5.74, 6) is 2.60. The number of para-hydroxylation sites is 1. The van der Waals surface area contributed by atoms with Gasteiger partial charge in [0.2, 0.25) is 0 Å². The molecule has 0 bridgehead atoms. The van der Waals surface area contributed by atoms with Crippen LogP contribution in [0.2, 0.25) is 0 Å². The lowest BCUT2D eigenvalue weighted by atomic mass is 10.1. The van der Waals surface area contributed by atoms with Crippen molar-refractivity contribution in [2.24, 2.45) is 12.0 Å². The van der Waals surface area contributed by atoms with Gasteiger partial charge in [0.15, 0.2) is 11.8 Å². The second-order valence-corrected chi connectivity index (χ2v) is 8.23. The van der Waals surface area contributed by atoms with Gasteiger partial charge in [-0.1, -0.05) is 25.1 Å². The number of likely N-dealkylation sites (N-methyl/N-ethyl adjacent to an activating group) is 1. The lowest BCUT2D eigenvalue weighted by Crippen LogP contribution is -2.45. The maximum Gasteiger partial charge on any atom is 0.191 e. The largest absolute Gasteiger partial charge is 0.361 e. The van der Waals surface area contributed by atoms with Gasteiger partial charge in [-0.3, -0.25) is 4.90 Å². The molecule has 3 aromatic rings. The van der Waals surface area contributed by atoms with E-state index in [1.165, 1.54) is 35.9 Å². The number of rotatable bonds is 8. The van der Waals surface area contributed by atoms with Gasteiger partial charge < -0.3 is 20.2 Å². The van der Waals surface area contributed by atoms with Gasteiger partial charge in [0, 0.05) is 43.3 Å². The number of guanidine groups is 1. The molecule has 8 nitrogen and oxygen atoms in total. The molecule has 3 N–H and O–H groups in total. The van der Waals surface area contributed by atoms with Gasteiger partial charge in [0.1, 0.15) is 12.4 Å². The van der Waals surface area contributed by atoms with Crippen molar-refractivity contribution in [2.45, 2.75) is 45.7 Å². The van der Waals surface area contributed by atoms with E-state index in [1.807, 2.05) is 18.5 Å². The fourth-order valence-electron chi connectivity index (χ4n) is 4.32. The molecule has 1 unspecified atom stereocenters. The first-order chi connectivity index (χ1) is 15.2. The Morgan fingerprint density at radius 1 is 1.25 bits per heavy atom. The highest BCUT2D eigenvalue weighted by Crippen LogP contribution is 2.18.